The van der Waals surface area contributed by atoms with Crippen LogP contribution in [0.2, 0.25) is 0 Å². The number of aliphatic hydroxyl groups excluding tert-OH is 18. The van der Waals surface area contributed by atoms with Crippen molar-refractivity contribution in [3.8, 4) is 0 Å². The molecule has 5 aliphatic carbocycles. The topological polar surface area (TPSA) is 539 Å². The Balaban J connectivity index is 0.820. The number of ether oxygens (including phenoxy) is 13. The van der Waals surface area contributed by atoms with Gasteiger partial charge in [-0.1, -0.05) is 46.3 Å². The first-order valence-electron chi connectivity index (χ1n) is 34.3. The molecule has 10 fully saturated rings. The van der Waals surface area contributed by atoms with Crippen molar-refractivity contribution in [2.45, 2.75) is 277 Å². The highest BCUT2D eigenvalue weighted by Crippen LogP contribution is 2.76. The fourth-order valence-corrected chi connectivity index (χ4v) is 19.2. The van der Waals surface area contributed by atoms with Crippen LogP contribution in [0.4, 0.5) is 0 Å². The number of hydrogen-bond acceptors (Lipinski definition) is 34. The van der Waals surface area contributed by atoms with Gasteiger partial charge in [-0.15, -0.1) is 0 Å². The van der Waals surface area contributed by atoms with Gasteiger partial charge in [-0.05, 0) is 97.7 Å². The zero-order valence-corrected chi connectivity index (χ0v) is 56.4. The van der Waals surface area contributed by atoms with E-state index in [4.69, 9.17) is 61.6 Å². The summed E-state index contributed by atoms with van der Waals surface area (Å²) in [5.74, 6) is -3.56. The molecule has 19 N–H and O–H groups in total. The summed E-state index contributed by atoms with van der Waals surface area (Å²) in [6.07, 6.45) is -44.0. The molecule has 0 aromatic carbocycles. The fourth-order valence-electron chi connectivity index (χ4n) is 19.2. The average molecular weight is 1430 g/mol. The Bertz CT molecular complexity index is 2830. The van der Waals surface area contributed by atoms with Gasteiger partial charge in [-0.2, -0.15) is 0 Å². The Kier molecular flexibility index (Phi) is 22.7. The van der Waals surface area contributed by atoms with Crippen LogP contribution in [0.25, 0.3) is 0 Å². The second-order valence-corrected chi connectivity index (χ2v) is 31.2. The molecule has 0 spiro atoms. The van der Waals surface area contributed by atoms with Gasteiger partial charge in [0.25, 0.3) is 0 Å². The maximum absolute atomic E-state index is 15.7. The van der Waals surface area contributed by atoms with Crippen LogP contribution in [0.3, 0.4) is 0 Å². The maximum Gasteiger partial charge on any atom is 0.317 e. The standard InChI is InChI=1S/C65H104O34/c1-25-45(94-52-43(82)46(31(74)20-87-52)95-57-50(84)64(86,23-70)24-89-57)42(81)49(91-26(2)71)56(90-25)97-48-37(76)30(73)19-88-55(48)99-58(85)65-13-12-59(3,4)14-28(65)27-8-9-34-60(5)15-29(72)51(63(21-68,22-69)35(60)10-11-61(34,6)62(27,7)16-36(65)75)98-54-44(83)47(39(78)33(18-67)93-54)96-53-41(80)40(79)38(77)32(17-66)92-53/h8,25,28-57,66-70,72-84,86H,9-24H2,1-7H3/t25-,28+,29-,30-,31+,32+,33+,34+,35+,36+,37-,38+,39+,40-,41+,42+,43+,44+,45-,46-,47-,48+,49+,50-,51-,52-,53-,54-,55-,56-,57-,60+,61+,62+,64+,65+/m0/s1. The van der Waals surface area contributed by atoms with Crippen LogP contribution in [-0.2, 0) is 71.2 Å². The van der Waals surface area contributed by atoms with Gasteiger partial charge >= 0.3 is 11.9 Å². The van der Waals surface area contributed by atoms with E-state index in [0.29, 0.717) is 32.1 Å². The first-order valence-corrected chi connectivity index (χ1v) is 34.3. The highest BCUT2D eigenvalue weighted by molar-refractivity contribution is 5.80. The molecule has 99 heavy (non-hydrogen) atoms. The van der Waals surface area contributed by atoms with Crippen molar-refractivity contribution in [2.24, 2.45) is 50.2 Å². The van der Waals surface area contributed by atoms with Crippen LogP contribution < -0.4 is 0 Å². The number of carbonyl (C=O) groups excluding carboxylic acids is 2. The number of allylic oxidation sites excluding steroid dienone is 2. The summed E-state index contributed by atoms with van der Waals surface area (Å²) in [6, 6.07) is 0. The van der Waals surface area contributed by atoms with Crippen molar-refractivity contribution in [2.75, 3.05) is 52.9 Å². The van der Waals surface area contributed by atoms with Crippen molar-refractivity contribution in [3.63, 3.8) is 0 Å². The van der Waals surface area contributed by atoms with Crippen molar-refractivity contribution < 1.29 is 168 Å². The second-order valence-electron chi connectivity index (χ2n) is 31.2. The van der Waals surface area contributed by atoms with Gasteiger partial charge in [0.2, 0.25) is 6.29 Å². The van der Waals surface area contributed by atoms with Crippen LogP contribution in [0.5, 0.6) is 0 Å². The smallest absolute Gasteiger partial charge is 0.317 e. The SMILES string of the molecule is CC(=O)O[C@H]1[C@H](O[C@H]2[C@H](OC(=O)[C@]34CCC(C)(C)C[C@@H]3C3=CC[C@@H]5[C@@]6(C)C[C@H](O)[C@H](O[C@@H]7O[C@H](CO)[C@@H](O)[C@H](O[C@@H]8O[C@H](CO)[C@@H](O)[C@H](O)[C@H]8O)[C@H]7O)C(CO)(CO)[C@@H]6CC[C@@]5(C)[C@]3(C)C[C@H]4O)OC[C@H](O)[C@@H]2O)O[C@@H](C)[C@H](O[C@@H]2OC[C@@H](O)[C@H](O[C@@H]3OC[C@](O)(CO)[C@H]3O)[C@H]2O)[C@H]1O. The van der Waals surface area contributed by atoms with Crippen LogP contribution in [0.15, 0.2) is 11.6 Å². The Labute approximate surface area is 570 Å². The minimum absolute atomic E-state index is 0.00364. The summed E-state index contributed by atoms with van der Waals surface area (Å²) >= 11 is 0. The molecule has 0 aromatic heterocycles. The van der Waals surface area contributed by atoms with Crippen LogP contribution >= 0.6 is 0 Å². The molecule has 0 bridgehead atoms. The molecule has 4 saturated carbocycles. The third-order valence-electron chi connectivity index (χ3n) is 25.0. The molecule has 11 aliphatic rings. The van der Waals surface area contributed by atoms with Crippen molar-refractivity contribution in [3.05, 3.63) is 11.6 Å². The van der Waals surface area contributed by atoms with E-state index < -0.39 is 287 Å². The number of fused-ring (bicyclic) bond motifs is 7. The lowest BCUT2D eigenvalue weighted by Gasteiger charge is -2.72. The second kappa shape index (κ2) is 29.0. The molecule has 0 aromatic rings. The number of rotatable bonds is 18. The lowest BCUT2D eigenvalue weighted by atomic mass is 9.33. The summed E-state index contributed by atoms with van der Waals surface area (Å²) in [5.41, 5.74) is -7.54. The van der Waals surface area contributed by atoms with Gasteiger partial charge in [0.15, 0.2) is 43.7 Å². The molecule has 11 rings (SSSR count). The third kappa shape index (κ3) is 13.1. The minimum Gasteiger partial charge on any atom is -0.454 e. The molecule has 0 amide bonds. The van der Waals surface area contributed by atoms with Gasteiger partial charge in [0.1, 0.15) is 109 Å². The monoisotopic (exact) mass is 1430 g/mol. The van der Waals surface area contributed by atoms with Gasteiger partial charge in [-0.25, -0.2) is 0 Å². The molecule has 6 heterocycles. The number of carbonyl (C=O) groups is 2. The van der Waals surface area contributed by atoms with E-state index in [1.165, 1.54) is 6.92 Å². The predicted octanol–water partition coefficient (Wildman–Crippen LogP) is -6.98. The molecule has 6 aliphatic heterocycles. The minimum atomic E-state index is -2.11. The normalized spacial score (nSPS) is 52.7. The summed E-state index contributed by atoms with van der Waals surface area (Å²) in [7, 11) is 0. The fraction of sp³-hybridized carbons (Fsp3) is 0.938. The van der Waals surface area contributed by atoms with E-state index in [0.717, 1.165) is 12.5 Å². The lowest BCUT2D eigenvalue weighted by Crippen LogP contribution is -2.72. The van der Waals surface area contributed by atoms with E-state index in [1.807, 2.05) is 6.92 Å². The number of aliphatic hydroxyl groups is 19. The zero-order chi connectivity index (χ0) is 72.3. The first kappa shape index (κ1) is 77.6. The maximum atomic E-state index is 15.7. The molecule has 0 radical (unpaired) electrons. The van der Waals surface area contributed by atoms with Crippen LogP contribution in [-0.4, -0.2) is 339 Å². The van der Waals surface area contributed by atoms with Gasteiger partial charge in [0, 0.05) is 12.3 Å². The number of esters is 2. The Hall–Kier alpha value is -2.52. The van der Waals surface area contributed by atoms with E-state index in [9.17, 15) is 102 Å². The van der Waals surface area contributed by atoms with E-state index >= 15 is 4.79 Å². The molecule has 6 saturated heterocycles. The third-order valence-corrected chi connectivity index (χ3v) is 25.0. The molecule has 568 valence electrons. The molecule has 34 nitrogen and oxygen atoms in total. The van der Waals surface area contributed by atoms with Crippen LogP contribution in [0.1, 0.15) is 99.8 Å². The zero-order valence-electron chi connectivity index (χ0n) is 56.4. The molecule has 0 unspecified atom stereocenters. The number of hydrogen-bond donors (Lipinski definition) is 19. The summed E-state index contributed by atoms with van der Waals surface area (Å²) in [4.78, 5) is 28.5. The summed E-state index contributed by atoms with van der Waals surface area (Å²) in [6.45, 7) is 6.93. The first-order chi connectivity index (χ1) is 46.5. The van der Waals surface area contributed by atoms with E-state index in [-0.39, 0.29) is 25.2 Å². The Morgan fingerprint density at radius 2 is 1.14 bits per heavy atom. The lowest BCUT2D eigenvalue weighted by molar-refractivity contribution is -0.377. The van der Waals surface area contributed by atoms with Crippen molar-refractivity contribution in [1.29, 1.82) is 0 Å². The van der Waals surface area contributed by atoms with Gasteiger partial charge in [0.05, 0.1) is 77.3 Å². The molecular formula is C65H104O34. The van der Waals surface area contributed by atoms with E-state index in [1.54, 1.807) is 0 Å². The van der Waals surface area contributed by atoms with Crippen LogP contribution in [0, 0.1) is 50.2 Å². The summed E-state index contributed by atoms with van der Waals surface area (Å²) < 4.78 is 76.5. The summed E-state index contributed by atoms with van der Waals surface area (Å²) in [5, 5.41) is 212. The van der Waals surface area contributed by atoms with Gasteiger partial charge < -0.3 is 159 Å². The average Bonchev–Trinajstić information content (AvgIpc) is 1.38. The Morgan fingerprint density at radius 1 is 0.535 bits per heavy atom. The predicted molar refractivity (Wildman–Crippen MR) is 324 cm³/mol. The molecule has 36 atom stereocenters. The molecular weight excluding hydrogens is 1320 g/mol. The largest absolute Gasteiger partial charge is 0.454 e. The highest BCUT2D eigenvalue weighted by Gasteiger charge is 2.74. The van der Waals surface area contributed by atoms with Gasteiger partial charge in [-0.3, -0.25) is 9.59 Å². The highest BCUT2D eigenvalue weighted by atomic mass is 16.8. The molecule has 34 heteroatoms. The van der Waals surface area contributed by atoms with E-state index in [2.05, 4.69) is 33.8 Å². The van der Waals surface area contributed by atoms with Crippen molar-refractivity contribution >= 4 is 11.9 Å². The Morgan fingerprint density at radius 3 is 1.78 bits per heavy atom. The quantitative estimate of drug-likeness (QED) is 0.0344. The van der Waals surface area contributed by atoms with Crippen molar-refractivity contribution in [1.82, 2.24) is 0 Å².